The third kappa shape index (κ3) is 6.78. The van der Waals surface area contributed by atoms with Gasteiger partial charge in [-0.2, -0.15) is 0 Å². The van der Waals surface area contributed by atoms with Gasteiger partial charge >= 0.3 is 0 Å². The van der Waals surface area contributed by atoms with Crippen LogP contribution in [-0.4, -0.2) is 0 Å². The second-order valence-electron chi connectivity index (χ2n) is 4.09. The molecule has 0 heterocycles. The van der Waals surface area contributed by atoms with Gasteiger partial charge in [0.25, 0.3) is 0 Å². The molecule has 0 saturated carbocycles. The Labute approximate surface area is 88.8 Å². The largest absolute Gasteiger partial charge is 0.0985 e. The van der Waals surface area contributed by atoms with Crippen molar-refractivity contribution in [3.8, 4) is 11.8 Å². The smallest absolute Gasteiger partial charge is 0.00922 e. The fourth-order valence-electron chi connectivity index (χ4n) is 1.81. The van der Waals surface area contributed by atoms with Crippen LogP contribution in [0.3, 0.4) is 0 Å². The van der Waals surface area contributed by atoms with Gasteiger partial charge in [0.1, 0.15) is 0 Å². The van der Waals surface area contributed by atoms with Crippen molar-refractivity contribution in [1.82, 2.24) is 0 Å². The Bertz CT molecular complexity index is 202. The molecular formula is C14H22. The summed E-state index contributed by atoms with van der Waals surface area (Å²) in [5.74, 6) is 6.31. The first-order chi connectivity index (χ1) is 7.00. The lowest BCUT2D eigenvalue weighted by atomic mass is 10.1. The van der Waals surface area contributed by atoms with Crippen LogP contribution in [0.1, 0.15) is 64.2 Å². The molecule has 0 bridgehead atoms. The van der Waals surface area contributed by atoms with Crippen molar-refractivity contribution in [3.63, 3.8) is 0 Å². The maximum absolute atomic E-state index is 3.20. The first kappa shape index (κ1) is 11.4. The van der Waals surface area contributed by atoms with E-state index in [1.54, 1.807) is 0 Å². The van der Waals surface area contributed by atoms with Crippen molar-refractivity contribution >= 4 is 0 Å². The molecule has 0 unspecified atom stereocenters. The summed E-state index contributed by atoms with van der Waals surface area (Å²) in [6.45, 7) is 0. The molecule has 0 aromatic rings. The molecule has 0 spiro atoms. The summed E-state index contributed by atoms with van der Waals surface area (Å²) in [5, 5.41) is 0. The second-order valence-corrected chi connectivity index (χ2v) is 4.09. The van der Waals surface area contributed by atoms with Crippen molar-refractivity contribution in [2.75, 3.05) is 0 Å². The molecule has 0 aromatic carbocycles. The van der Waals surface area contributed by atoms with Crippen LogP contribution in [0.5, 0.6) is 0 Å². The van der Waals surface area contributed by atoms with Crippen LogP contribution in [0.15, 0.2) is 12.2 Å². The molecule has 0 atom stereocenters. The minimum Gasteiger partial charge on any atom is -0.0985 e. The lowest BCUT2D eigenvalue weighted by Crippen LogP contribution is -1.81. The normalized spacial score (nSPS) is 22.9. The SMILES string of the molecule is C1#CCCCCCCCCCC/C=C\1. The minimum absolute atomic E-state index is 1.09. The molecule has 0 fully saturated rings. The highest BCUT2D eigenvalue weighted by Crippen LogP contribution is 2.10. The van der Waals surface area contributed by atoms with Crippen LogP contribution < -0.4 is 0 Å². The predicted molar refractivity (Wildman–Crippen MR) is 63.1 cm³/mol. The van der Waals surface area contributed by atoms with Crippen LogP contribution in [0, 0.1) is 11.8 Å². The van der Waals surface area contributed by atoms with E-state index >= 15 is 0 Å². The molecular weight excluding hydrogens is 168 g/mol. The van der Waals surface area contributed by atoms with E-state index in [1.165, 1.54) is 57.8 Å². The van der Waals surface area contributed by atoms with Gasteiger partial charge in [-0.25, -0.2) is 0 Å². The van der Waals surface area contributed by atoms with Crippen LogP contribution in [0.2, 0.25) is 0 Å². The Morgan fingerprint density at radius 1 is 0.714 bits per heavy atom. The van der Waals surface area contributed by atoms with Crippen molar-refractivity contribution in [1.29, 1.82) is 0 Å². The van der Waals surface area contributed by atoms with E-state index in [9.17, 15) is 0 Å². The monoisotopic (exact) mass is 190 g/mol. The maximum atomic E-state index is 3.20. The van der Waals surface area contributed by atoms with Crippen LogP contribution >= 0.6 is 0 Å². The molecule has 0 amide bonds. The lowest BCUT2D eigenvalue weighted by Gasteiger charge is -2.00. The second kappa shape index (κ2) is 8.88. The van der Waals surface area contributed by atoms with Gasteiger partial charge in [-0.3, -0.25) is 0 Å². The molecule has 0 aromatic heterocycles. The van der Waals surface area contributed by atoms with Crippen LogP contribution in [-0.2, 0) is 0 Å². The summed E-state index contributed by atoms with van der Waals surface area (Å²) in [5.41, 5.74) is 0. The summed E-state index contributed by atoms with van der Waals surface area (Å²) in [4.78, 5) is 0. The molecule has 0 saturated heterocycles. The maximum Gasteiger partial charge on any atom is 0.00922 e. The summed E-state index contributed by atoms with van der Waals surface area (Å²) in [6.07, 6.45) is 17.7. The first-order valence-corrected chi connectivity index (χ1v) is 6.13. The van der Waals surface area contributed by atoms with E-state index in [0.717, 1.165) is 6.42 Å². The van der Waals surface area contributed by atoms with Gasteiger partial charge in [0.2, 0.25) is 0 Å². The highest BCUT2D eigenvalue weighted by Gasteiger charge is 1.91. The summed E-state index contributed by atoms with van der Waals surface area (Å²) in [6, 6.07) is 0. The van der Waals surface area contributed by atoms with Crippen LogP contribution in [0.4, 0.5) is 0 Å². The predicted octanol–water partition coefficient (Wildman–Crippen LogP) is 4.46. The topological polar surface area (TPSA) is 0 Å². The van der Waals surface area contributed by atoms with Gasteiger partial charge in [-0.15, -0.1) is 0 Å². The Morgan fingerprint density at radius 2 is 1.36 bits per heavy atom. The van der Waals surface area contributed by atoms with Gasteiger partial charge in [-0.1, -0.05) is 56.4 Å². The zero-order valence-electron chi connectivity index (χ0n) is 9.23. The lowest BCUT2D eigenvalue weighted by molar-refractivity contribution is 0.572. The summed E-state index contributed by atoms with van der Waals surface area (Å²) < 4.78 is 0. The number of hydrogen-bond acceptors (Lipinski definition) is 0. The summed E-state index contributed by atoms with van der Waals surface area (Å²) >= 11 is 0. The van der Waals surface area contributed by atoms with Crippen molar-refractivity contribution in [3.05, 3.63) is 12.2 Å². The third-order valence-electron chi connectivity index (χ3n) is 2.73. The number of allylic oxidation sites excluding steroid dienone is 2. The zero-order chi connectivity index (χ0) is 9.90. The quantitative estimate of drug-likeness (QED) is 0.495. The molecule has 0 radical (unpaired) electrons. The highest BCUT2D eigenvalue weighted by atomic mass is 14.0. The highest BCUT2D eigenvalue weighted by molar-refractivity contribution is 5.14. The average molecular weight is 190 g/mol. The molecule has 1 aliphatic carbocycles. The van der Waals surface area contributed by atoms with Gasteiger partial charge in [0.05, 0.1) is 0 Å². The third-order valence-corrected chi connectivity index (χ3v) is 2.73. The number of hydrogen-bond donors (Lipinski definition) is 0. The molecule has 1 aliphatic rings. The molecule has 78 valence electrons. The van der Waals surface area contributed by atoms with E-state index in [-0.39, 0.29) is 0 Å². The molecule has 14 heavy (non-hydrogen) atoms. The average Bonchev–Trinajstić information content (AvgIpc) is 2.22. The van der Waals surface area contributed by atoms with Crippen LogP contribution in [0.25, 0.3) is 0 Å². The van der Waals surface area contributed by atoms with Crippen molar-refractivity contribution in [2.45, 2.75) is 64.2 Å². The van der Waals surface area contributed by atoms with Gasteiger partial charge in [0.15, 0.2) is 0 Å². The molecule has 0 nitrogen and oxygen atoms in total. The Balaban J connectivity index is 2.21. The Hall–Kier alpha value is -0.700. The Morgan fingerprint density at radius 3 is 2.14 bits per heavy atom. The van der Waals surface area contributed by atoms with Crippen molar-refractivity contribution < 1.29 is 0 Å². The minimum atomic E-state index is 1.09. The van der Waals surface area contributed by atoms with Gasteiger partial charge in [0, 0.05) is 6.42 Å². The standard InChI is InChI=1S/C14H22/c1-2-4-6-8-10-12-14-13-11-9-7-5-3-1/h1-2H,3,5,7-14H2/b2-1-. The van der Waals surface area contributed by atoms with Gasteiger partial charge in [-0.05, 0) is 25.3 Å². The fourth-order valence-corrected chi connectivity index (χ4v) is 1.81. The number of rotatable bonds is 0. The van der Waals surface area contributed by atoms with E-state index in [0.29, 0.717) is 0 Å². The van der Waals surface area contributed by atoms with E-state index in [2.05, 4.69) is 17.9 Å². The molecule has 0 heteroatoms. The Kier molecular flexibility index (Phi) is 7.21. The molecule has 0 N–H and O–H groups in total. The molecule has 1 rings (SSSR count). The van der Waals surface area contributed by atoms with E-state index in [1.807, 2.05) is 6.08 Å². The zero-order valence-corrected chi connectivity index (χ0v) is 9.23. The molecule has 0 aliphatic heterocycles. The fraction of sp³-hybridized carbons (Fsp3) is 0.714. The summed E-state index contributed by atoms with van der Waals surface area (Å²) in [7, 11) is 0. The van der Waals surface area contributed by atoms with E-state index in [4.69, 9.17) is 0 Å². The van der Waals surface area contributed by atoms with Crippen molar-refractivity contribution in [2.24, 2.45) is 0 Å². The van der Waals surface area contributed by atoms with Gasteiger partial charge < -0.3 is 0 Å². The first-order valence-electron chi connectivity index (χ1n) is 6.13. The van der Waals surface area contributed by atoms with E-state index < -0.39 is 0 Å².